The van der Waals surface area contributed by atoms with E-state index in [4.69, 9.17) is 0 Å². The topological polar surface area (TPSA) is 60.8 Å². The van der Waals surface area contributed by atoms with Gasteiger partial charge >= 0.3 is 0 Å². The summed E-state index contributed by atoms with van der Waals surface area (Å²) in [6, 6.07) is 4.84. The van der Waals surface area contributed by atoms with Gasteiger partial charge in [-0.25, -0.2) is 0 Å². The number of carbonyl (C=O) groups excluding carboxylic acids is 1. The summed E-state index contributed by atoms with van der Waals surface area (Å²) in [7, 11) is 0. The Morgan fingerprint density at radius 1 is 1.44 bits per heavy atom. The van der Waals surface area contributed by atoms with Crippen LogP contribution >= 0.6 is 0 Å². The van der Waals surface area contributed by atoms with E-state index in [0.717, 1.165) is 6.42 Å². The highest BCUT2D eigenvalue weighted by Gasteiger charge is 2.27. The van der Waals surface area contributed by atoms with Crippen LogP contribution in [-0.4, -0.2) is 40.2 Å². The lowest BCUT2D eigenvalue weighted by Gasteiger charge is -2.34. The highest BCUT2D eigenvalue weighted by molar-refractivity contribution is 5.94. The largest absolute Gasteiger partial charge is 0.508 e. The molecule has 2 N–H and O–H groups in total. The van der Waals surface area contributed by atoms with Crippen molar-refractivity contribution in [2.24, 2.45) is 5.92 Å². The Labute approximate surface area is 107 Å². The molecule has 4 nitrogen and oxygen atoms in total. The molecule has 0 radical (unpaired) electrons. The van der Waals surface area contributed by atoms with Crippen molar-refractivity contribution in [2.45, 2.75) is 26.4 Å². The number of phenolic OH excluding ortho intramolecular Hbond substituents is 1. The Balaban J connectivity index is 2.14. The summed E-state index contributed by atoms with van der Waals surface area (Å²) in [5, 5.41) is 19.3. The number of rotatable bonds is 1. The number of aryl methyl sites for hydroxylation is 1. The van der Waals surface area contributed by atoms with E-state index in [1.807, 2.05) is 6.92 Å². The fourth-order valence-corrected chi connectivity index (χ4v) is 2.20. The molecule has 1 saturated heterocycles. The molecule has 2 unspecified atom stereocenters. The number of hydrogen-bond acceptors (Lipinski definition) is 3. The molecule has 2 rings (SSSR count). The van der Waals surface area contributed by atoms with Crippen LogP contribution < -0.4 is 0 Å². The number of aliphatic hydroxyl groups is 1. The van der Waals surface area contributed by atoms with E-state index in [1.54, 1.807) is 24.0 Å². The Morgan fingerprint density at radius 2 is 2.17 bits per heavy atom. The van der Waals surface area contributed by atoms with Crippen LogP contribution in [0.1, 0.15) is 29.3 Å². The van der Waals surface area contributed by atoms with Crippen molar-refractivity contribution in [3.05, 3.63) is 29.3 Å². The molecule has 0 spiro atoms. The number of benzene rings is 1. The van der Waals surface area contributed by atoms with E-state index < -0.39 is 6.10 Å². The van der Waals surface area contributed by atoms with Gasteiger partial charge in [-0.05, 0) is 43.0 Å². The number of amides is 1. The van der Waals surface area contributed by atoms with E-state index in [9.17, 15) is 15.0 Å². The SMILES string of the molecule is Cc1cc(C(=O)N2CCC(C)C(O)C2)ccc1O. The van der Waals surface area contributed by atoms with Gasteiger partial charge in [0.2, 0.25) is 0 Å². The molecule has 98 valence electrons. The molecular weight excluding hydrogens is 230 g/mol. The molecule has 1 aliphatic heterocycles. The number of aromatic hydroxyl groups is 1. The molecule has 0 bridgehead atoms. The third-order valence-corrected chi connectivity index (χ3v) is 3.65. The second-order valence-corrected chi connectivity index (χ2v) is 5.09. The van der Waals surface area contributed by atoms with Crippen LogP contribution in [0.2, 0.25) is 0 Å². The lowest BCUT2D eigenvalue weighted by Crippen LogP contribution is -2.45. The lowest BCUT2D eigenvalue weighted by atomic mass is 9.95. The van der Waals surface area contributed by atoms with Gasteiger partial charge in [0.15, 0.2) is 0 Å². The molecule has 0 aromatic heterocycles. The maximum atomic E-state index is 12.2. The Kier molecular flexibility index (Phi) is 3.57. The maximum Gasteiger partial charge on any atom is 0.253 e. The molecule has 1 aromatic rings. The molecule has 1 fully saturated rings. The molecule has 4 heteroatoms. The van der Waals surface area contributed by atoms with Gasteiger partial charge in [0.1, 0.15) is 5.75 Å². The van der Waals surface area contributed by atoms with Gasteiger partial charge in [-0.1, -0.05) is 6.92 Å². The molecule has 2 atom stereocenters. The summed E-state index contributed by atoms with van der Waals surface area (Å²) < 4.78 is 0. The summed E-state index contributed by atoms with van der Waals surface area (Å²) in [6.07, 6.45) is 0.380. The summed E-state index contributed by atoms with van der Waals surface area (Å²) in [4.78, 5) is 13.9. The molecule has 1 amide bonds. The standard InChI is InChI=1S/C14H19NO3/c1-9-5-6-15(8-13(9)17)14(18)11-3-4-12(16)10(2)7-11/h3-4,7,9,13,16-17H,5-6,8H2,1-2H3. The van der Waals surface area contributed by atoms with Gasteiger partial charge in [-0.15, -0.1) is 0 Å². The van der Waals surface area contributed by atoms with Crippen LogP contribution in [0.15, 0.2) is 18.2 Å². The van der Waals surface area contributed by atoms with Gasteiger partial charge < -0.3 is 15.1 Å². The quantitative estimate of drug-likeness (QED) is 0.793. The first-order valence-corrected chi connectivity index (χ1v) is 6.26. The van der Waals surface area contributed by atoms with Crippen LogP contribution in [0.25, 0.3) is 0 Å². The number of β-amino-alcohol motifs (C(OH)–C–C–N with tert-alkyl or cyclic N) is 1. The van der Waals surface area contributed by atoms with Crippen molar-refractivity contribution in [1.29, 1.82) is 0 Å². The third kappa shape index (κ3) is 2.48. The van der Waals surface area contributed by atoms with Crippen molar-refractivity contribution in [1.82, 2.24) is 4.90 Å². The Morgan fingerprint density at radius 3 is 2.78 bits per heavy atom. The van der Waals surface area contributed by atoms with Gasteiger partial charge in [-0.3, -0.25) is 4.79 Å². The van der Waals surface area contributed by atoms with E-state index >= 15 is 0 Å². The van der Waals surface area contributed by atoms with Gasteiger partial charge in [0.05, 0.1) is 6.10 Å². The predicted molar refractivity (Wildman–Crippen MR) is 68.5 cm³/mol. The first-order valence-electron chi connectivity index (χ1n) is 6.26. The molecule has 1 aliphatic rings. The van der Waals surface area contributed by atoms with E-state index in [-0.39, 0.29) is 17.6 Å². The van der Waals surface area contributed by atoms with Gasteiger partial charge in [-0.2, -0.15) is 0 Å². The zero-order valence-corrected chi connectivity index (χ0v) is 10.8. The van der Waals surface area contributed by atoms with E-state index in [0.29, 0.717) is 24.2 Å². The smallest absolute Gasteiger partial charge is 0.253 e. The van der Waals surface area contributed by atoms with Crippen molar-refractivity contribution in [2.75, 3.05) is 13.1 Å². The summed E-state index contributed by atoms with van der Waals surface area (Å²) >= 11 is 0. The van der Waals surface area contributed by atoms with Crippen molar-refractivity contribution in [3.8, 4) is 5.75 Å². The number of phenols is 1. The normalized spacial score (nSPS) is 24.1. The number of aliphatic hydroxyl groups excluding tert-OH is 1. The minimum absolute atomic E-state index is 0.0796. The predicted octanol–water partition coefficient (Wildman–Crippen LogP) is 1.54. The molecule has 0 aliphatic carbocycles. The van der Waals surface area contributed by atoms with Crippen LogP contribution in [0.3, 0.4) is 0 Å². The molecule has 1 heterocycles. The summed E-state index contributed by atoms with van der Waals surface area (Å²) in [5.41, 5.74) is 1.25. The average molecular weight is 249 g/mol. The Bertz CT molecular complexity index is 458. The fourth-order valence-electron chi connectivity index (χ4n) is 2.20. The summed E-state index contributed by atoms with van der Waals surface area (Å²) in [6.45, 7) is 4.83. The number of hydrogen-bond donors (Lipinski definition) is 2. The van der Waals surface area contributed by atoms with E-state index in [1.165, 1.54) is 6.07 Å². The zero-order valence-electron chi connectivity index (χ0n) is 10.8. The number of likely N-dealkylation sites (tertiary alicyclic amines) is 1. The van der Waals surface area contributed by atoms with Gasteiger partial charge in [0, 0.05) is 18.7 Å². The first kappa shape index (κ1) is 12.9. The van der Waals surface area contributed by atoms with Crippen LogP contribution in [0.5, 0.6) is 5.75 Å². The highest BCUT2D eigenvalue weighted by Crippen LogP contribution is 2.21. The van der Waals surface area contributed by atoms with Crippen LogP contribution in [-0.2, 0) is 0 Å². The van der Waals surface area contributed by atoms with Crippen molar-refractivity contribution in [3.63, 3.8) is 0 Å². The number of carbonyl (C=O) groups is 1. The molecule has 18 heavy (non-hydrogen) atoms. The fraction of sp³-hybridized carbons (Fsp3) is 0.500. The second-order valence-electron chi connectivity index (χ2n) is 5.09. The van der Waals surface area contributed by atoms with E-state index in [2.05, 4.69) is 0 Å². The third-order valence-electron chi connectivity index (χ3n) is 3.65. The van der Waals surface area contributed by atoms with Crippen molar-refractivity contribution < 1.29 is 15.0 Å². The molecule has 1 aromatic carbocycles. The summed E-state index contributed by atoms with van der Waals surface area (Å²) in [5.74, 6) is 0.360. The zero-order chi connectivity index (χ0) is 13.3. The number of nitrogens with zero attached hydrogens (tertiary/aromatic N) is 1. The monoisotopic (exact) mass is 249 g/mol. The van der Waals surface area contributed by atoms with Crippen LogP contribution in [0, 0.1) is 12.8 Å². The first-order chi connectivity index (χ1) is 8.49. The maximum absolute atomic E-state index is 12.2. The van der Waals surface area contributed by atoms with Gasteiger partial charge in [0.25, 0.3) is 5.91 Å². The average Bonchev–Trinajstić information content (AvgIpc) is 2.35. The highest BCUT2D eigenvalue weighted by atomic mass is 16.3. The van der Waals surface area contributed by atoms with Crippen molar-refractivity contribution >= 4 is 5.91 Å². The second kappa shape index (κ2) is 4.98. The Hall–Kier alpha value is -1.55. The number of piperidine rings is 1. The van der Waals surface area contributed by atoms with Crippen LogP contribution in [0.4, 0.5) is 0 Å². The molecule has 0 saturated carbocycles. The minimum atomic E-state index is -0.444. The molecular formula is C14H19NO3. The minimum Gasteiger partial charge on any atom is -0.508 e. The lowest BCUT2D eigenvalue weighted by molar-refractivity contribution is 0.0248.